The van der Waals surface area contributed by atoms with Crippen LogP contribution in [0, 0.1) is 11.3 Å². The molecule has 4 N–H and O–H groups in total. The number of hydrogen-bond acceptors (Lipinski definition) is 7. The van der Waals surface area contributed by atoms with Crippen LogP contribution in [0.15, 0.2) is 42.0 Å². The Morgan fingerprint density at radius 2 is 1.71 bits per heavy atom. The highest BCUT2D eigenvalue weighted by Gasteiger charge is 2.44. The topological polar surface area (TPSA) is 126 Å². The van der Waals surface area contributed by atoms with Crippen LogP contribution in [0.3, 0.4) is 0 Å². The number of anilines is 1. The third-order valence-electron chi connectivity index (χ3n) is 6.30. The smallest absolute Gasteiger partial charge is 0.262 e. The van der Waals surface area contributed by atoms with Crippen LogP contribution in [-0.4, -0.2) is 65.0 Å². The number of aliphatic hydroxyl groups is 3. The van der Waals surface area contributed by atoms with Gasteiger partial charge in [0.1, 0.15) is 29.9 Å². The molecule has 0 aliphatic carbocycles. The second-order valence-corrected chi connectivity index (χ2v) is 8.90. The lowest BCUT2D eigenvalue weighted by Crippen LogP contribution is -2.63. The van der Waals surface area contributed by atoms with Crippen LogP contribution in [-0.2, 0) is 9.53 Å². The van der Waals surface area contributed by atoms with Gasteiger partial charge in [0.05, 0.1) is 6.10 Å². The molecule has 1 unspecified atom stereocenters. The lowest BCUT2D eigenvalue weighted by molar-refractivity contribution is -0.247. The third kappa shape index (κ3) is 6.19. The van der Waals surface area contributed by atoms with E-state index in [0.29, 0.717) is 12.0 Å². The van der Waals surface area contributed by atoms with E-state index in [2.05, 4.69) is 36.2 Å². The van der Waals surface area contributed by atoms with Crippen LogP contribution >= 0.6 is 0 Å². The van der Waals surface area contributed by atoms with Gasteiger partial charge < -0.3 is 30.3 Å². The summed E-state index contributed by atoms with van der Waals surface area (Å²) in [6, 6.07) is 12.6. The fourth-order valence-electron chi connectivity index (χ4n) is 4.43. The summed E-state index contributed by atoms with van der Waals surface area (Å²) in [5, 5.41) is 44.7. The molecule has 188 valence electrons. The van der Waals surface area contributed by atoms with E-state index in [1.807, 2.05) is 30.3 Å². The fraction of sp³-hybridized carbons (Fsp3) is 0.481. The van der Waals surface area contributed by atoms with Gasteiger partial charge in [0.25, 0.3) is 5.91 Å². The summed E-state index contributed by atoms with van der Waals surface area (Å²) >= 11 is 0. The Balaban J connectivity index is 1.79. The van der Waals surface area contributed by atoms with Crippen molar-refractivity contribution in [2.24, 2.45) is 0 Å². The van der Waals surface area contributed by atoms with Crippen molar-refractivity contribution in [1.82, 2.24) is 5.32 Å². The molecule has 5 atom stereocenters. The minimum atomic E-state index is -1.50. The van der Waals surface area contributed by atoms with E-state index >= 15 is 0 Å². The molecule has 8 heteroatoms. The van der Waals surface area contributed by atoms with E-state index in [-0.39, 0.29) is 5.57 Å². The Hall–Kier alpha value is -2.96. The third-order valence-corrected chi connectivity index (χ3v) is 6.30. The zero-order chi connectivity index (χ0) is 25.5. The largest absolute Gasteiger partial charge is 0.388 e. The Morgan fingerprint density at radius 3 is 2.34 bits per heavy atom. The Labute approximate surface area is 206 Å². The minimum absolute atomic E-state index is 0.190. The molecule has 8 nitrogen and oxygen atoms in total. The molecule has 1 aliphatic heterocycles. The number of benzene rings is 2. The molecule has 0 radical (unpaired) electrons. The van der Waals surface area contributed by atoms with Gasteiger partial charge in [0.15, 0.2) is 6.29 Å². The van der Waals surface area contributed by atoms with Crippen molar-refractivity contribution < 1.29 is 24.9 Å². The van der Waals surface area contributed by atoms with Crippen molar-refractivity contribution >= 4 is 28.4 Å². The number of carbonyl (C=O) groups excluding carboxylic acids is 1. The van der Waals surface area contributed by atoms with E-state index in [1.54, 1.807) is 6.92 Å². The van der Waals surface area contributed by atoms with Crippen LogP contribution < -0.4 is 10.2 Å². The molecule has 1 aliphatic rings. The van der Waals surface area contributed by atoms with Gasteiger partial charge in [-0.2, -0.15) is 5.26 Å². The zero-order valence-electron chi connectivity index (χ0n) is 20.5. The molecule has 1 fully saturated rings. The normalized spacial score (nSPS) is 24.7. The van der Waals surface area contributed by atoms with Crippen molar-refractivity contribution in [3.63, 3.8) is 0 Å². The number of amides is 1. The Kier molecular flexibility index (Phi) is 9.24. The summed E-state index contributed by atoms with van der Waals surface area (Å²) in [7, 11) is 0. The average Bonchev–Trinajstić information content (AvgIpc) is 2.86. The molecule has 3 rings (SSSR count). The summed E-state index contributed by atoms with van der Waals surface area (Å²) in [5.74, 6) is -0.772. The predicted molar refractivity (Wildman–Crippen MR) is 135 cm³/mol. The highest BCUT2D eigenvalue weighted by Crippen LogP contribution is 2.25. The molecule has 2 aromatic carbocycles. The molecule has 2 aromatic rings. The lowest BCUT2D eigenvalue weighted by Gasteiger charge is -2.40. The molecule has 1 heterocycles. The molecule has 35 heavy (non-hydrogen) atoms. The molecular weight excluding hydrogens is 446 g/mol. The van der Waals surface area contributed by atoms with Gasteiger partial charge in [-0.1, -0.05) is 39.0 Å². The number of fused-ring (bicyclic) bond motifs is 1. The molecule has 0 saturated carbocycles. The monoisotopic (exact) mass is 481 g/mol. The number of rotatable bonds is 9. The average molecular weight is 482 g/mol. The maximum Gasteiger partial charge on any atom is 0.262 e. The summed E-state index contributed by atoms with van der Waals surface area (Å²) < 4.78 is 5.29. The van der Waals surface area contributed by atoms with Crippen molar-refractivity contribution in [1.29, 1.82) is 5.26 Å². The number of nitrogens with zero attached hydrogens (tertiary/aromatic N) is 2. The van der Waals surface area contributed by atoms with Crippen LogP contribution in [0.25, 0.3) is 16.8 Å². The Bertz CT molecular complexity index is 1090. The number of ether oxygens (including phenoxy) is 1. The van der Waals surface area contributed by atoms with Crippen molar-refractivity contribution in [3.8, 4) is 6.07 Å². The fourth-order valence-corrected chi connectivity index (χ4v) is 4.43. The number of carbonyl (C=O) groups is 1. The lowest BCUT2D eigenvalue weighted by atomic mass is 9.95. The first kappa shape index (κ1) is 26.6. The van der Waals surface area contributed by atoms with Crippen LogP contribution in [0.4, 0.5) is 5.69 Å². The number of hydrogen-bond donors (Lipinski definition) is 4. The summed E-state index contributed by atoms with van der Waals surface area (Å²) in [6.45, 7) is 8.06. The maximum atomic E-state index is 12.7. The molecular formula is C27H35N3O5. The first-order chi connectivity index (χ1) is 16.8. The molecule has 1 amide bonds. The Morgan fingerprint density at radius 1 is 1.06 bits per heavy atom. The second-order valence-electron chi connectivity index (χ2n) is 8.90. The van der Waals surface area contributed by atoms with E-state index in [9.17, 15) is 25.4 Å². The molecule has 0 spiro atoms. The van der Waals surface area contributed by atoms with Gasteiger partial charge in [0, 0.05) is 18.8 Å². The van der Waals surface area contributed by atoms with E-state index in [4.69, 9.17) is 4.74 Å². The predicted octanol–water partition coefficient (Wildman–Crippen LogP) is 2.71. The van der Waals surface area contributed by atoms with Crippen LogP contribution in [0.1, 0.15) is 45.6 Å². The van der Waals surface area contributed by atoms with Gasteiger partial charge >= 0.3 is 0 Å². The quantitative estimate of drug-likeness (QED) is 0.320. The van der Waals surface area contributed by atoms with Crippen molar-refractivity contribution in [2.45, 2.75) is 70.7 Å². The van der Waals surface area contributed by atoms with Gasteiger partial charge in [-0.25, -0.2) is 0 Å². The van der Waals surface area contributed by atoms with Gasteiger partial charge in [-0.05, 0) is 59.9 Å². The minimum Gasteiger partial charge on any atom is -0.388 e. The standard InChI is InChI=1S/C27H35N3O5/c1-4-11-30(12-5-2)21-10-9-18-13-17(7-8-19(18)15-21)14-20(16-28)26(33)29-23-25(32)24(31)22(6-3)35-27(23)34/h7-10,13-15,22-25,27,31-32,34H,4-6,11-12H2,1-3H3,(H,29,33)/b20-14+/t22-,23-,24-,25-,27?/m1/s1. The van der Waals surface area contributed by atoms with Gasteiger partial charge in [-0.15, -0.1) is 0 Å². The van der Waals surface area contributed by atoms with Crippen LogP contribution in [0.2, 0.25) is 0 Å². The molecule has 0 bridgehead atoms. The van der Waals surface area contributed by atoms with Crippen molar-refractivity contribution in [3.05, 3.63) is 47.5 Å². The summed E-state index contributed by atoms with van der Waals surface area (Å²) in [4.78, 5) is 15.1. The first-order valence-corrected chi connectivity index (χ1v) is 12.2. The zero-order valence-corrected chi connectivity index (χ0v) is 20.5. The number of nitrogens with one attached hydrogen (secondary N) is 1. The number of nitriles is 1. The van der Waals surface area contributed by atoms with E-state index in [0.717, 1.165) is 36.7 Å². The number of aliphatic hydroxyl groups excluding tert-OH is 3. The highest BCUT2D eigenvalue weighted by molar-refractivity contribution is 6.02. The SMILES string of the molecule is CCCN(CCC)c1ccc2cc(/C=C(\C#N)C(=O)N[C@H]3C(O)O[C@H](CC)[C@@H](O)[C@@H]3O)ccc2c1. The molecule has 1 saturated heterocycles. The summed E-state index contributed by atoms with van der Waals surface area (Å²) in [6.07, 6.45) is -0.957. The van der Waals surface area contributed by atoms with Crippen molar-refractivity contribution in [2.75, 3.05) is 18.0 Å². The maximum absolute atomic E-state index is 12.7. The van der Waals surface area contributed by atoms with Gasteiger partial charge in [0.2, 0.25) is 0 Å². The first-order valence-electron chi connectivity index (χ1n) is 12.2. The van der Waals surface area contributed by atoms with E-state index < -0.39 is 36.6 Å². The van der Waals surface area contributed by atoms with Crippen LogP contribution in [0.5, 0.6) is 0 Å². The second kappa shape index (κ2) is 12.1. The molecule has 0 aromatic heterocycles. The van der Waals surface area contributed by atoms with E-state index in [1.165, 1.54) is 11.8 Å². The highest BCUT2D eigenvalue weighted by atomic mass is 16.6. The summed E-state index contributed by atoms with van der Waals surface area (Å²) in [5.41, 5.74) is 1.65. The van der Waals surface area contributed by atoms with Gasteiger partial charge in [-0.3, -0.25) is 4.79 Å².